The van der Waals surface area contributed by atoms with Gasteiger partial charge in [-0.15, -0.1) is 0 Å². The summed E-state index contributed by atoms with van der Waals surface area (Å²) in [5.74, 6) is 0.490. The molecule has 0 spiro atoms. The SMILES string of the molecule is CC(C)Oc1ccc(C2CCC/C(=C\C(=O)O)C2)cc1. The van der Waals surface area contributed by atoms with E-state index in [1.54, 1.807) is 0 Å². The van der Waals surface area contributed by atoms with E-state index in [1.807, 2.05) is 26.0 Å². The van der Waals surface area contributed by atoms with E-state index in [2.05, 4.69) is 12.1 Å². The summed E-state index contributed by atoms with van der Waals surface area (Å²) in [4.78, 5) is 10.8. The van der Waals surface area contributed by atoms with Crippen molar-refractivity contribution in [2.45, 2.75) is 51.6 Å². The Morgan fingerprint density at radius 1 is 1.35 bits per heavy atom. The molecule has 3 heteroatoms. The van der Waals surface area contributed by atoms with Crippen molar-refractivity contribution < 1.29 is 14.6 Å². The first-order valence-electron chi connectivity index (χ1n) is 7.23. The molecule has 1 unspecified atom stereocenters. The topological polar surface area (TPSA) is 46.5 Å². The molecular weight excluding hydrogens is 252 g/mol. The maximum absolute atomic E-state index is 10.8. The molecular formula is C17H22O3. The number of rotatable bonds is 4. The molecule has 0 heterocycles. The maximum Gasteiger partial charge on any atom is 0.328 e. The number of carboxylic acid groups (broad SMARTS) is 1. The standard InChI is InChI=1S/C17H22O3/c1-12(2)20-16-8-6-14(7-9-16)15-5-3-4-13(10-15)11-17(18)19/h6-9,11-12,15H,3-5,10H2,1-2H3,(H,18,19)/b13-11+. The number of hydrogen-bond acceptors (Lipinski definition) is 2. The fraction of sp³-hybridized carbons (Fsp3) is 0.471. The lowest BCUT2D eigenvalue weighted by Gasteiger charge is -2.24. The Labute approximate surface area is 120 Å². The summed E-state index contributed by atoms with van der Waals surface area (Å²) in [5.41, 5.74) is 2.33. The minimum Gasteiger partial charge on any atom is -0.491 e. The average molecular weight is 274 g/mol. The number of benzene rings is 1. The summed E-state index contributed by atoms with van der Waals surface area (Å²) >= 11 is 0. The van der Waals surface area contributed by atoms with Gasteiger partial charge in [0, 0.05) is 6.08 Å². The molecule has 20 heavy (non-hydrogen) atoms. The molecule has 0 bridgehead atoms. The highest BCUT2D eigenvalue weighted by atomic mass is 16.5. The molecule has 1 aliphatic carbocycles. The van der Waals surface area contributed by atoms with Crippen LogP contribution in [0.4, 0.5) is 0 Å². The maximum atomic E-state index is 10.8. The predicted molar refractivity (Wildman–Crippen MR) is 79.1 cm³/mol. The highest BCUT2D eigenvalue weighted by Gasteiger charge is 2.19. The number of ether oxygens (including phenoxy) is 1. The second kappa shape index (κ2) is 6.60. The van der Waals surface area contributed by atoms with Gasteiger partial charge in [0.1, 0.15) is 5.75 Å². The van der Waals surface area contributed by atoms with Gasteiger partial charge in [-0.25, -0.2) is 4.79 Å². The second-order valence-electron chi connectivity index (χ2n) is 5.67. The fourth-order valence-corrected chi connectivity index (χ4v) is 2.78. The predicted octanol–water partition coefficient (Wildman–Crippen LogP) is 4.14. The minimum absolute atomic E-state index is 0.181. The molecule has 108 valence electrons. The van der Waals surface area contributed by atoms with Gasteiger partial charge in [-0.2, -0.15) is 0 Å². The van der Waals surface area contributed by atoms with E-state index in [9.17, 15) is 4.79 Å². The zero-order chi connectivity index (χ0) is 14.5. The summed E-state index contributed by atoms with van der Waals surface area (Å²) in [6.45, 7) is 4.02. The minimum atomic E-state index is -0.832. The van der Waals surface area contributed by atoms with Crippen molar-refractivity contribution in [3.63, 3.8) is 0 Å². The first kappa shape index (κ1) is 14.6. The highest BCUT2D eigenvalue weighted by Crippen LogP contribution is 2.36. The number of carbonyl (C=O) groups is 1. The Morgan fingerprint density at radius 2 is 2.05 bits per heavy atom. The monoisotopic (exact) mass is 274 g/mol. The molecule has 1 N–H and O–H groups in total. The van der Waals surface area contributed by atoms with E-state index in [-0.39, 0.29) is 6.10 Å². The van der Waals surface area contributed by atoms with Crippen molar-refractivity contribution in [2.75, 3.05) is 0 Å². The third kappa shape index (κ3) is 4.12. The van der Waals surface area contributed by atoms with E-state index >= 15 is 0 Å². The van der Waals surface area contributed by atoms with Crippen molar-refractivity contribution in [1.82, 2.24) is 0 Å². The van der Waals surface area contributed by atoms with Gasteiger partial charge in [0.15, 0.2) is 0 Å². The van der Waals surface area contributed by atoms with Crippen LogP contribution in [-0.4, -0.2) is 17.2 Å². The molecule has 3 nitrogen and oxygen atoms in total. The summed E-state index contributed by atoms with van der Waals surface area (Å²) < 4.78 is 5.64. The van der Waals surface area contributed by atoms with Crippen LogP contribution < -0.4 is 4.74 Å². The fourth-order valence-electron chi connectivity index (χ4n) is 2.78. The molecule has 1 saturated carbocycles. The molecule has 0 radical (unpaired) electrons. The van der Waals surface area contributed by atoms with Gasteiger partial charge in [0.25, 0.3) is 0 Å². The molecule has 1 fully saturated rings. The van der Waals surface area contributed by atoms with Crippen LogP contribution in [0.1, 0.15) is 51.0 Å². The van der Waals surface area contributed by atoms with E-state index < -0.39 is 5.97 Å². The first-order chi connectivity index (χ1) is 9.54. The normalized spacial score (nSPS) is 21.1. The van der Waals surface area contributed by atoms with Crippen LogP contribution in [0.5, 0.6) is 5.75 Å². The van der Waals surface area contributed by atoms with Crippen molar-refractivity contribution in [3.05, 3.63) is 41.5 Å². The Hall–Kier alpha value is -1.77. The largest absolute Gasteiger partial charge is 0.491 e. The van der Waals surface area contributed by atoms with E-state index in [0.717, 1.165) is 37.0 Å². The van der Waals surface area contributed by atoms with Crippen LogP contribution in [0, 0.1) is 0 Å². The third-order valence-electron chi connectivity index (χ3n) is 3.61. The van der Waals surface area contributed by atoms with Crippen molar-refractivity contribution in [2.24, 2.45) is 0 Å². The van der Waals surface area contributed by atoms with E-state index in [1.165, 1.54) is 11.6 Å². The van der Waals surface area contributed by atoms with Gasteiger partial charge in [-0.1, -0.05) is 17.7 Å². The molecule has 1 aromatic rings. The Balaban J connectivity index is 2.05. The third-order valence-corrected chi connectivity index (χ3v) is 3.61. The lowest BCUT2D eigenvalue weighted by Crippen LogP contribution is -2.09. The van der Waals surface area contributed by atoms with Gasteiger partial charge in [0.2, 0.25) is 0 Å². The van der Waals surface area contributed by atoms with Crippen LogP contribution in [0.3, 0.4) is 0 Å². The van der Waals surface area contributed by atoms with Crippen molar-refractivity contribution in [3.8, 4) is 5.75 Å². The molecule has 0 amide bonds. The lowest BCUT2D eigenvalue weighted by molar-refractivity contribution is -0.131. The molecule has 2 rings (SSSR count). The van der Waals surface area contributed by atoms with E-state index in [4.69, 9.17) is 9.84 Å². The zero-order valence-electron chi connectivity index (χ0n) is 12.1. The van der Waals surface area contributed by atoms with Gasteiger partial charge >= 0.3 is 5.97 Å². The van der Waals surface area contributed by atoms with Crippen LogP contribution in [0.15, 0.2) is 35.9 Å². The quantitative estimate of drug-likeness (QED) is 0.839. The number of carboxylic acids is 1. The van der Waals surface area contributed by atoms with Crippen molar-refractivity contribution in [1.29, 1.82) is 0 Å². The van der Waals surface area contributed by atoms with Gasteiger partial charge in [-0.05, 0) is 63.1 Å². The van der Waals surface area contributed by atoms with Gasteiger partial charge in [-0.3, -0.25) is 0 Å². The van der Waals surface area contributed by atoms with Crippen LogP contribution in [0.25, 0.3) is 0 Å². The summed E-state index contributed by atoms with van der Waals surface area (Å²) in [6.07, 6.45) is 5.52. The van der Waals surface area contributed by atoms with Gasteiger partial charge in [0.05, 0.1) is 6.10 Å². The van der Waals surface area contributed by atoms with Crippen LogP contribution >= 0.6 is 0 Å². The summed E-state index contributed by atoms with van der Waals surface area (Å²) in [7, 11) is 0. The molecule has 0 aliphatic heterocycles. The smallest absolute Gasteiger partial charge is 0.328 e. The lowest BCUT2D eigenvalue weighted by atomic mass is 9.81. The average Bonchev–Trinajstić information content (AvgIpc) is 2.38. The second-order valence-corrected chi connectivity index (χ2v) is 5.67. The molecule has 1 aromatic carbocycles. The zero-order valence-corrected chi connectivity index (χ0v) is 12.1. The molecule has 0 saturated heterocycles. The first-order valence-corrected chi connectivity index (χ1v) is 7.23. The highest BCUT2D eigenvalue weighted by molar-refractivity contribution is 5.80. The Morgan fingerprint density at radius 3 is 2.65 bits per heavy atom. The molecule has 0 aromatic heterocycles. The summed E-state index contributed by atoms with van der Waals surface area (Å²) in [6, 6.07) is 8.22. The summed E-state index contributed by atoms with van der Waals surface area (Å²) in [5, 5.41) is 8.85. The van der Waals surface area contributed by atoms with E-state index in [0.29, 0.717) is 5.92 Å². The number of hydrogen-bond donors (Lipinski definition) is 1. The Kier molecular flexibility index (Phi) is 4.83. The number of allylic oxidation sites excluding steroid dienone is 1. The van der Waals surface area contributed by atoms with Crippen LogP contribution in [-0.2, 0) is 4.79 Å². The van der Waals surface area contributed by atoms with Crippen LogP contribution in [0.2, 0.25) is 0 Å². The molecule has 1 atom stereocenters. The Bertz CT molecular complexity index is 485. The number of aliphatic carboxylic acids is 1. The van der Waals surface area contributed by atoms with Crippen molar-refractivity contribution >= 4 is 5.97 Å². The molecule has 1 aliphatic rings. The van der Waals surface area contributed by atoms with Gasteiger partial charge < -0.3 is 9.84 Å².